The van der Waals surface area contributed by atoms with Crippen molar-refractivity contribution in [1.29, 1.82) is 0 Å². The Labute approximate surface area is 71.6 Å². The molecule has 0 bridgehead atoms. The van der Waals surface area contributed by atoms with Crippen LogP contribution in [0, 0.1) is 5.92 Å². The van der Waals surface area contributed by atoms with Crippen LogP contribution in [0.15, 0.2) is 0 Å². The summed E-state index contributed by atoms with van der Waals surface area (Å²) in [5.41, 5.74) is 0. The van der Waals surface area contributed by atoms with Gasteiger partial charge in [-0.25, -0.2) is 0 Å². The van der Waals surface area contributed by atoms with Crippen LogP contribution < -0.4 is 5.32 Å². The normalized spacial score (nSPS) is 16.9. The van der Waals surface area contributed by atoms with E-state index in [1.807, 2.05) is 0 Å². The lowest BCUT2D eigenvalue weighted by atomic mass is 9.96. The van der Waals surface area contributed by atoms with E-state index in [-0.39, 0.29) is 0 Å². The molecule has 0 aliphatic rings. The summed E-state index contributed by atoms with van der Waals surface area (Å²) in [7, 11) is 0. The highest BCUT2D eigenvalue weighted by atomic mass is 14.9. The second-order valence-corrected chi connectivity index (χ2v) is 3.72. The van der Waals surface area contributed by atoms with Gasteiger partial charge in [-0.2, -0.15) is 0 Å². The van der Waals surface area contributed by atoms with Gasteiger partial charge in [0.1, 0.15) is 0 Å². The van der Waals surface area contributed by atoms with E-state index < -0.39 is 0 Å². The molecule has 0 fully saturated rings. The van der Waals surface area contributed by atoms with E-state index in [0.717, 1.165) is 5.92 Å². The Morgan fingerprint density at radius 1 is 1.00 bits per heavy atom. The zero-order valence-corrected chi connectivity index (χ0v) is 8.65. The summed E-state index contributed by atoms with van der Waals surface area (Å²) in [6.07, 6.45) is 2.52. The molecule has 1 N–H and O–H groups in total. The fraction of sp³-hybridized carbons (Fsp3) is 1.00. The topological polar surface area (TPSA) is 12.0 Å². The number of rotatable bonds is 5. The lowest BCUT2D eigenvalue weighted by molar-refractivity contribution is 0.335. The van der Waals surface area contributed by atoms with Crippen molar-refractivity contribution in [3.63, 3.8) is 0 Å². The number of hydrogen-bond donors (Lipinski definition) is 1. The molecule has 1 nitrogen and oxygen atoms in total. The maximum absolute atomic E-state index is 3.58. The molecule has 0 aromatic heterocycles. The molecule has 2 atom stereocenters. The van der Waals surface area contributed by atoms with E-state index in [2.05, 4.69) is 39.9 Å². The summed E-state index contributed by atoms with van der Waals surface area (Å²) >= 11 is 0. The lowest BCUT2D eigenvalue weighted by Gasteiger charge is -2.25. The smallest absolute Gasteiger partial charge is 0.00923 e. The van der Waals surface area contributed by atoms with Crippen molar-refractivity contribution in [2.24, 2.45) is 5.92 Å². The van der Waals surface area contributed by atoms with E-state index in [1.165, 1.54) is 12.8 Å². The zero-order chi connectivity index (χ0) is 8.85. The molecule has 2 unspecified atom stereocenters. The van der Waals surface area contributed by atoms with Gasteiger partial charge in [-0.05, 0) is 12.3 Å². The fourth-order valence-electron chi connectivity index (χ4n) is 1.40. The minimum absolute atomic E-state index is 0.619. The van der Waals surface area contributed by atoms with Gasteiger partial charge >= 0.3 is 0 Å². The molecule has 11 heavy (non-hydrogen) atoms. The van der Waals surface area contributed by atoms with E-state index >= 15 is 0 Å². The first-order valence-corrected chi connectivity index (χ1v) is 4.87. The maximum Gasteiger partial charge on any atom is 0.00923 e. The van der Waals surface area contributed by atoms with E-state index in [9.17, 15) is 0 Å². The fourth-order valence-corrected chi connectivity index (χ4v) is 1.40. The predicted molar refractivity (Wildman–Crippen MR) is 51.8 cm³/mol. The van der Waals surface area contributed by atoms with Crippen LogP contribution in [0.1, 0.15) is 47.5 Å². The Hall–Kier alpha value is -0.0400. The lowest BCUT2D eigenvalue weighted by Crippen LogP contribution is -2.38. The van der Waals surface area contributed by atoms with Gasteiger partial charge in [-0.1, -0.05) is 41.0 Å². The van der Waals surface area contributed by atoms with E-state index in [4.69, 9.17) is 0 Å². The summed E-state index contributed by atoms with van der Waals surface area (Å²) in [5.74, 6) is 0.808. The van der Waals surface area contributed by atoms with Crippen LogP contribution in [0.3, 0.4) is 0 Å². The molecule has 0 aromatic rings. The third kappa shape index (κ3) is 4.41. The van der Waals surface area contributed by atoms with Gasteiger partial charge in [0, 0.05) is 12.1 Å². The van der Waals surface area contributed by atoms with Crippen molar-refractivity contribution in [2.45, 2.75) is 59.5 Å². The summed E-state index contributed by atoms with van der Waals surface area (Å²) < 4.78 is 0. The Balaban J connectivity index is 3.74. The predicted octanol–water partition coefficient (Wildman–Crippen LogP) is 2.81. The Morgan fingerprint density at radius 2 is 1.55 bits per heavy atom. The highest BCUT2D eigenvalue weighted by Crippen LogP contribution is 2.10. The molecule has 0 amide bonds. The SMILES string of the molecule is CCC(C)C(CC)NC(C)C. The van der Waals surface area contributed by atoms with Gasteiger partial charge in [-0.15, -0.1) is 0 Å². The van der Waals surface area contributed by atoms with Gasteiger partial charge in [0.2, 0.25) is 0 Å². The van der Waals surface area contributed by atoms with Crippen molar-refractivity contribution in [3.8, 4) is 0 Å². The molecule has 0 heterocycles. The average Bonchev–Trinajstić information content (AvgIpc) is 1.98. The summed E-state index contributed by atoms with van der Waals surface area (Å²) in [6, 6.07) is 1.33. The minimum atomic E-state index is 0.619. The van der Waals surface area contributed by atoms with Crippen LogP contribution in [-0.2, 0) is 0 Å². The third-order valence-electron chi connectivity index (χ3n) is 2.32. The molecule has 0 aromatic carbocycles. The third-order valence-corrected chi connectivity index (χ3v) is 2.32. The van der Waals surface area contributed by atoms with Crippen molar-refractivity contribution in [2.75, 3.05) is 0 Å². The molecule has 0 spiro atoms. The van der Waals surface area contributed by atoms with E-state index in [1.54, 1.807) is 0 Å². The summed E-state index contributed by atoms with van der Waals surface area (Å²) in [6.45, 7) is 11.3. The standard InChI is InChI=1S/C10H23N/c1-6-9(5)10(7-2)11-8(3)4/h8-11H,6-7H2,1-5H3. The van der Waals surface area contributed by atoms with Crippen LogP contribution in [0.5, 0.6) is 0 Å². The first-order valence-electron chi connectivity index (χ1n) is 4.87. The molecular weight excluding hydrogens is 134 g/mol. The van der Waals surface area contributed by atoms with Gasteiger partial charge in [0.15, 0.2) is 0 Å². The van der Waals surface area contributed by atoms with Crippen molar-refractivity contribution >= 4 is 0 Å². The Morgan fingerprint density at radius 3 is 1.82 bits per heavy atom. The van der Waals surface area contributed by atoms with Crippen LogP contribution in [-0.4, -0.2) is 12.1 Å². The van der Waals surface area contributed by atoms with Crippen molar-refractivity contribution in [1.82, 2.24) is 5.32 Å². The van der Waals surface area contributed by atoms with Crippen molar-refractivity contribution in [3.05, 3.63) is 0 Å². The van der Waals surface area contributed by atoms with E-state index in [0.29, 0.717) is 12.1 Å². The Bertz CT molecular complexity index is 88.9. The number of hydrogen-bond acceptors (Lipinski definition) is 1. The molecule has 0 aliphatic heterocycles. The monoisotopic (exact) mass is 157 g/mol. The van der Waals surface area contributed by atoms with Crippen LogP contribution in [0.2, 0.25) is 0 Å². The molecule has 1 heteroatoms. The second kappa shape index (κ2) is 5.59. The maximum atomic E-state index is 3.58. The molecule has 68 valence electrons. The molecule has 0 saturated heterocycles. The number of nitrogens with one attached hydrogen (secondary N) is 1. The largest absolute Gasteiger partial charge is 0.312 e. The highest BCUT2D eigenvalue weighted by molar-refractivity contribution is 4.72. The van der Waals surface area contributed by atoms with Gasteiger partial charge in [0.25, 0.3) is 0 Å². The zero-order valence-electron chi connectivity index (χ0n) is 8.65. The summed E-state index contributed by atoms with van der Waals surface area (Å²) in [5, 5.41) is 3.58. The van der Waals surface area contributed by atoms with Gasteiger partial charge in [0.05, 0.1) is 0 Å². The second-order valence-electron chi connectivity index (χ2n) is 3.72. The van der Waals surface area contributed by atoms with Crippen molar-refractivity contribution < 1.29 is 0 Å². The van der Waals surface area contributed by atoms with Gasteiger partial charge in [-0.3, -0.25) is 0 Å². The quantitative estimate of drug-likeness (QED) is 0.647. The van der Waals surface area contributed by atoms with Crippen LogP contribution >= 0.6 is 0 Å². The molecule has 0 saturated carbocycles. The van der Waals surface area contributed by atoms with Crippen LogP contribution in [0.25, 0.3) is 0 Å². The van der Waals surface area contributed by atoms with Crippen LogP contribution in [0.4, 0.5) is 0 Å². The molecule has 0 radical (unpaired) electrons. The van der Waals surface area contributed by atoms with Gasteiger partial charge < -0.3 is 5.32 Å². The molecule has 0 rings (SSSR count). The first kappa shape index (κ1) is 11.0. The highest BCUT2D eigenvalue weighted by Gasteiger charge is 2.13. The molecular formula is C10H23N. The average molecular weight is 157 g/mol. The Kier molecular flexibility index (Phi) is 5.57. The summed E-state index contributed by atoms with van der Waals surface area (Å²) in [4.78, 5) is 0. The minimum Gasteiger partial charge on any atom is -0.312 e. The molecule has 0 aliphatic carbocycles. The first-order chi connectivity index (χ1) is 5.11.